The lowest BCUT2D eigenvalue weighted by atomic mass is 9.69. The molecule has 6 heteroatoms. The number of aliphatic hydroxyl groups excluding tert-OH is 1. The molecule has 0 aromatic carbocycles. The molecule has 0 amide bonds. The van der Waals surface area contributed by atoms with Gasteiger partial charge in [0.1, 0.15) is 11.9 Å². The summed E-state index contributed by atoms with van der Waals surface area (Å²) in [6.45, 7) is 0.408. The SMILES string of the molecule is NCC1(C(O)c2cc(Br)c(Br)o2)CC2CCC1O2. The molecule has 0 spiro atoms. The van der Waals surface area contributed by atoms with Gasteiger partial charge in [0, 0.05) is 12.0 Å². The predicted octanol–water partition coefficient (Wildman–Crippen LogP) is 2.73. The highest BCUT2D eigenvalue weighted by molar-refractivity contribution is 9.13. The molecule has 0 aliphatic carbocycles. The zero-order valence-corrected chi connectivity index (χ0v) is 12.9. The van der Waals surface area contributed by atoms with E-state index in [1.54, 1.807) is 6.07 Å². The molecule has 4 nitrogen and oxygen atoms in total. The average molecular weight is 381 g/mol. The Morgan fingerprint density at radius 3 is 2.72 bits per heavy atom. The van der Waals surface area contributed by atoms with Gasteiger partial charge in [0.2, 0.25) is 0 Å². The molecule has 2 saturated heterocycles. The number of furan rings is 1. The fraction of sp³-hybridized carbons (Fsp3) is 0.667. The van der Waals surface area contributed by atoms with Gasteiger partial charge in [-0.25, -0.2) is 0 Å². The number of fused-ring (bicyclic) bond motifs is 2. The number of hydrogen-bond acceptors (Lipinski definition) is 4. The van der Waals surface area contributed by atoms with Crippen molar-refractivity contribution in [3.8, 4) is 0 Å². The minimum absolute atomic E-state index is 0.0464. The molecule has 4 atom stereocenters. The fourth-order valence-corrected chi connectivity index (χ4v) is 3.84. The number of hydrogen-bond donors (Lipinski definition) is 2. The number of rotatable bonds is 3. The van der Waals surface area contributed by atoms with Gasteiger partial charge in [-0.05, 0) is 57.2 Å². The molecule has 2 aliphatic heterocycles. The van der Waals surface area contributed by atoms with Crippen LogP contribution in [-0.4, -0.2) is 23.9 Å². The normalized spacial score (nSPS) is 36.2. The van der Waals surface area contributed by atoms with Gasteiger partial charge in [0.25, 0.3) is 0 Å². The average Bonchev–Trinajstić information content (AvgIpc) is 3.04. The Bertz CT molecular complexity index is 445. The molecule has 3 rings (SSSR count). The van der Waals surface area contributed by atoms with Crippen LogP contribution < -0.4 is 5.73 Å². The summed E-state index contributed by atoms with van der Waals surface area (Å²) in [5.74, 6) is 0.537. The summed E-state index contributed by atoms with van der Waals surface area (Å²) in [6.07, 6.45) is 2.43. The molecule has 0 saturated carbocycles. The van der Waals surface area contributed by atoms with Crippen molar-refractivity contribution < 1.29 is 14.3 Å². The largest absolute Gasteiger partial charge is 0.450 e. The van der Waals surface area contributed by atoms with Crippen LogP contribution in [0.4, 0.5) is 0 Å². The topological polar surface area (TPSA) is 68.6 Å². The first-order valence-corrected chi connectivity index (χ1v) is 7.64. The number of halogens is 2. The first-order chi connectivity index (χ1) is 8.56. The van der Waals surface area contributed by atoms with E-state index in [-0.39, 0.29) is 12.2 Å². The smallest absolute Gasteiger partial charge is 0.183 e. The van der Waals surface area contributed by atoms with Crippen molar-refractivity contribution in [2.45, 2.75) is 37.6 Å². The van der Waals surface area contributed by atoms with E-state index in [4.69, 9.17) is 14.9 Å². The van der Waals surface area contributed by atoms with Crippen LogP contribution in [0.5, 0.6) is 0 Å². The number of aliphatic hydroxyl groups is 1. The van der Waals surface area contributed by atoms with Gasteiger partial charge in [-0.3, -0.25) is 0 Å². The molecule has 100 valence electrons. The van der Waals surface area contributed by atoms with Gasteiger partial charge in [-0.1, -0.05) is 0 Å². The Balaban J connectivity index is 1.92. The van der Waals surface area contributed by atoms with Crippen molar-refractivity contribution in [3.63, 3.8) is 0 Å². The number of nitrogens with two attached hydrogens (primary N) is 1. The van der Waals surface area contributed by atoms with Gasteiger partial charge in [0.15, 0.2) is 4.67 Å². The standard InChI is InChI=1S/C12H15Br2NO3/c13-7-3-8(18-11(7)14)10(16)12(5-15)4-6-1-2-9(12)17-6/h3,6,9-10,16H,1-2,4-5,15H2. The van der Waals surface area contributed by atoms with E-state index < -0.39 is 11.5 Å². The van der Waals surface area contributed by atoms with E-state index in [2.05, 4.69) is 31.9 Å². The van der Waals surface area contributed by atoms with Crippen LogP contribution in [-0.2, 0) is 4.74 Å². The van der Waals surface area contributed by atoms with Gasteiger partial charge < -0.3 is 20.0 Å². The molecular weight excluding hydrogens is 366 g/mol. The molecule has 18 heavy (non-hydrogen) atoms. The molecule has 4 unspecified atom stereocenters. The summed E-state index contributed by atoms with van der Waals surface area (Å²) >= 11 is 6.65. The molecule has 2 bridgehead atoms. The van der Waals surface area contributed by atoms with Crippen LogP contribution in [0.3, 0.4) is 0 Å². The Labute approximate surface area is 122 Å². The van der Waals surface area contributed by atoms with Gasteiger partial charge in [-0.15, -0.1) is 0 Å². The fourth-order valence-electron chi connectivity index (χ4n) is 3.23. The van der Waals surface area contributed by atoms with Crippen LogP contribution in [0, 0.1) is 5.41 Å². The van der Waals surface area contributed by atoms with E-state index in [1.807, 2.05) is 0 Å². The van der Waals surface area contributed by atoms with Crippen molar-refractivity contribution in [3.05, 3.63) is 21.0 Å². The lowest BCUT2D eigenvalue weighted by Gasteiger charge is -2.37. The minimum atomic E-state index is -0.722. The highest BCUT2D eigenvalue weighted by Gasteiger charge is 2.56. The second-order valence-electron chi connectivity index (χ2n) is 5.14. The highest BCUT2D eigenvalue weighted by Crippen LogP contribution is 2.54. The maximum atomic E-state index is 10.6. The van der Waals surface area contributed by atoms with E-state index >= 15 is 0 Å². The second kappa shape index (κ2) is 4.59. The molecule has 3 N–H and O–H groups in total. The third-order valence-corrected chi connectivity index (χ3v) is 5.92. The van der Waals surface area contributed by atoms with Gasteiger partial charge in [0.05, 0.1) is 16.7 Å². The van der Waals surface area contributed by atoms with E-state index in [0.29, 0.717) is 17.0 Å². The summed E-state index contributed by atoms with van der Waals surface area (Å²) in [7, 11) is 0. The lowest BCUT2D eigenvalue weighted by molar-refractivity contribution is -0.0370. The zero-order valence-electron chi connectivity index (χ0n) is 9.73. The Hall–Kier alpha value is 0.120. The lowest BCUT2D eigenvalue weighted by Crippen LogP contribution is -2.44. The molecular formula is C12H15Br2NO3. The summed E-state index contributed by atoms with van der Waals surface area (Å²) in [4.78, 5) is 0. The van der Waals surface area contributed by atoms with Crippen molar-refractivity contribution in [1.82, 2.24) is 0 Å². The monoisotopic (exact) mass is 379 g/mol. The molecule has 0 radical (unpaired) electrons. The van der Waals surface area contributed by atoms with Crippen molar-refractivity contribution >= 4 is 31.9 Å². The predicted molar refractivity (Wildman–Crippen MR) is 73.1 cm³/mol. The molecule has 1 aromatic rings. The van der Waals surface area contributed by atoms with Crippen LogP contribution in [0.2, 0.25) is 0 Å². The van der Waals surface area contributed by atoms with E-state index in [9.17, 15) is 5.11 Å². The van der Waals surface area contributed by atoms with Gasteiger partial charge in [-0.2, -0.15) is 0 Å². The Morgan fingerprint density at radius 2 is 2.28 bits per heavy atom. The molecule has 1 aromatic heterocycles. The van der Waals surface area contributed by atoms with Crippen molar-refractivity contribution in [2.24, 2.45) is 11.1 Å². The molecule has 2 aliphatic rings. The van der Waals surface area contributed by atoms with E-state index in [1.165, 1.54) is 0 Å². The van der Waals surface area contributed by atoms with Crippen LogP contribution in [0.1, 0.15) is 31.1 Å². The third kappa shape index (κ3) is 1.81. The maximum absolute atomic E-state index is 10.6. The first-order valence-electron chi connectivity index (χ1n) is 6.05. The molecule has 3 heterocycles. The molecule has 2 fully saturated rings. The van der Waals surface area contributed by atoms with Crippen LogP contribution >= 0.6 is 31.9 Å². The zero-order chi connectivity index (χ0) is 12.9. The third-order valence-electron chi connectivity index (χ3n) is 4.21. The first kappa shape index (κ1) is 13.1. The van der Waals surface area contributed by atoms with Crippen molar-refractivity contribution in [2.75, 3.05) is 6.54 Å². The Kier molecular flexibility index (Phi) is 3.35. The van der Waals surface area contributed by atoms with Crippen molar-refractivity contribution in [1.29, 1.82) is 0 Å². The second-order valence-corrected chi connectivity index (χ2v) is 6.71. The quantitative estimate of drug-likeness (QED) is 0.845. The summed E-state index contributed by atoms with van der Waals surface area (Å²) in [5, 5.41) is 10.6. The van der Waals surface area contributed by atoms with Crippen LogP contribution in [0.15, 0.2) is 19.6 Å². The summed E-state index contributed by atoms with van der Waals surface area (Å²) < 4.78 is 12.8. The summed E-state index contributed by atoms with van der Waals surface area (Å²) in [6, 6.07) is 1.79. The van der Waals surface area contributed by atoms with Gasteiger partial charge >= 0.3 is 0 Å². The van der Waals surface area contributed by atoms with E-state index in [0.717, 1.165) is 23.7 Å². The maximum Gasteiger partial charge on any atom is 0.183 e. The van der Waals surface area contributed by atoms with Crippen LogP contribution in [0.25, 0.3) is 0 Å². The minimum Gasteiger partial charge on any atom is -0.450 e. The number of ether oxygens (including phenoxy) is 1. The summed E-state index contributed by atoms with van der Waals surface area (Å²) in [5.41, 5.74) is 5.53. The highest BCUT2D eigenvalue weighted by atomic mass is 79.9. The Morgan fingerprint density at radius 1 is 1.50 bits per heavy atom.